The van der Waals surface area contributed by atoms with Gasteiger partial charge in [-0.25, -0.2) is 0 Å². The lowest BCUT2D eigenvalue weighted by atomic mass is 9.98. The molecule has 0 heterocycles. The molecule has 2 nitrogen and oxygen atoms in total. The van der Waals surface area contributed by atoms with Crippen LogP contribution >= 0.6 is 22.6 Å². The van der Waals surface area contributed by atoms with Crippen molar-refractivity contribution in [3.8, 4) is 0 Å². The highest BCUT2D eigenvalue weighted by Crippen LogP contribution is 2.29. The molecule has 1 rings (SSSR count). The number of ether oxygens (including phenoxy) is 2. The van der Waals surface area contributed by atoms with Crippen molar-refractivity contribution in [3.05, 3.63) is 35.9 Å². The summed E-state index contributed by atoms with van der Waals surface area (Å²) in [6.07, 6.45) is 0.102. The minimum Gasteiger partial charge on any atom is -0.382 e. The zero-order chi connectivity index (χ0) is 12.0. The summed E-state index contributed by atoms with van der Waals surface area (Å²) in [7, 11) is 1.70. The van der Waals surface area contributed by atoms with Crippen LogP contribution in [0.15, 0.2) is 30.3 Å². The van der Waals surface area contributed by atoms with Gasteiger partial charge in [0.25, 0.3) is 0 Å². The summed E-state index contributed by atoms with van der Waals surface area (Å²) in [6, 6.07) is 10.3. The number of alkyl halides is 1. The first-order valence-corrected chi connectivity index (χ1v) is 6.93. The van der Waals surface area contributed by atoms with Crippen LogP contribution in [-0.4, -0.2) is 24.2 Å². The standard InChI is InChI=1S/C13H19IO2/c1-11(9-15-3)16-13(2,10-14)12-7-5-4-6-8-12/h4-8,11H,9-10H2,1-3H3. The van der Waals surface area contributed by atoms with Crippen LogP contribution < -0.4 is 0 Å². The highest BCUT2D eigenvalue weighted by atomic mass is 127. The second kappa shape index (κ2) is 6.57. The third-order valence-electron chi connectivity index (χ3n) is 2.50. The van der Waals surface area contributed by atoms with E-state index in [0.717, 1.165) is 4.43 Å². The maximum absolute atomic E-state index is 6.08. The van der Waals surface area contributed by atoms with E-state index in [9.17, 15) is 0 Å². The summed E-state index contributed by atoms with van der Waals surface area (Å²) in [5, 5.41) is 0. The fourth-order valence-corrected chi connectivity index (χ4v) is 2.30. The molecule has 0 radical (unpaired) electrons. The van der Waals surface area contributed by atoms with Gasteiger partial charge in [-0.15, -0.1) is 0 Å². The Labute approximate surface area is 111 Å². The van der Waals surface area contributed by atoms with Crippen molar-refractivity contribution in [3.63, 3.8) is 0 Å². The van der Waals surface area contributed by atoms with Gasteiger partial charge in [0.2, 0.25) is 0 Å². The van der Waals surface area contributed by atoms with Crippen molar-refractivity contribution in [2.45, 2.75) is 25.6 Å². The van der Waals surface area contributed by atoms with E-state index < -0.39 is 0 Å². The average molecular weight is 334 g/mol. The predicted octanol–water partition coefficient (Wildman–Crippen LogP) is 3.39. The fourth-order valence-electron chi connectivity index (χ4n) is 1.68. The largest absolute Gasteiger partial charge is 0.382 e. The average Bonchev–Trinajstić information content (AvgIpc) is 2.30. The minimum atomic E-state index is -0.236. The Hall–Kier alpha value is -0.130. The molecule has 0 aliphatic heterocycles. The van der Waals surface area contributed by atoms with Crippen molar-refractivity contribution >= 4 is 22.6 Å². The molecule has 0 fully saturated rings. The smallest absolute Gasteiger partial charge is 0.0997 e. The van der Waals surface area contributed by atoms with E-state index in [2.05, 4.69) is 41.6 Å². The molecule has 3 heteroatoms. The molecular formula is C13H19IO2. The van der Waals surface area contributed by atoms with E-state index in [0.29, 0.717) is 6.61 Å². The third kappa shape index (κ3) is 3.71. The Morgan fingerprint density at radius 2 is 1.94 bits per heavy atom. The summed E-state index contributed by atoms with van der Waals surface area (Å²) in [5.74, 6) is 0. The van der Waals surface area contributed by atoms with Gasteiger partial charge in [-0.05, 0) is 19.4 Å². The van der Waals surface area contributed by atoms with Crippen LogP contribution in [0.4, 0.5) is 0 Å². The first kappa shape index (κ1) is 13.9. The molecule has 0 amide bonds. The van der Waals surface area contributed by atoms with Crippen molar-refractivity contribution < 1.29 is 9.47 Å². The lowest BCUT2D eigenvalue weighted by molar-refractivity contribution is -0.0874. The number of benzene rings is 1. The van der Waals surface area contributed by atoms with Gasteiger partial charge in [-0.3, -0.25) is 0 Å². The SMILES string of the molecule is COCC(C)OC(C)(CI)c1ccccc1. The molecule has 1 aromatic carbocycles. The summed E-state index contributed by atoms with van der Waals surface area (Å²) < 4.78 is 12.1. The molecular weight excluding hydrogens is 315 g/mol. The number of halogens is 1. The van der Waals surface area contributed by atoms with Crippen LogP contribution in [0.25, 0.3) is 0 Å². The molecule has 0 aromatic heterocycles. The normalized spacial score (nSPS) is 16.8. The number of rotatable bonds is 6. The number of hydrogen-bond donors (Lipinski definition) is 0. The monoisotopic (exact) mass is 334 g/mol. The van der Waals surface area contributed by atoms with E-state index in [1.54, 1.807) is 7.11 Å². The number of hydrogen-bond acceptors (Lipinski definition) is 2. The molecule has 0 saturated carbocycles. The quantitative estimate of drug-likeness (QED) is 0.587. The van der Waals surface area contributed by atoms with Gasteiger partial charge in [0, 0.05) is 11.5 Å². The molecule has 0 spiro atoms. The second-order valence-corrected chi connectivity index (χ2v) is 4.88. The summed E-state index contributed by atoms with van der Waals surface area (Å²) in [4.78, 5) is 0. The van der Waals surface area contributed by atoms with E-state index in [-0.39, 0.29) is 11.7 Å². The zero-order valence-corrected chi connectivity index (χ0v) is 12.2. The molecule has 0 N–H and O–H groups in total. The molecule has 0 saturated heterocycles. The van der Waals surface area contributed by atoms with Gasteiger partial charge in [0.1, 0.15) is 0 Å². The Morgan fingerprint density at radius 3 is 2.44 bits per heavy atom. The van der Waals surface area contributed by atoms with Gasteiger partial charge in [0.15, 0.2) is 0 Å². The summed E-state index contributed by atoms with van der Waals surface area (Å²) in [6.45, 7) is 4.79. The highest BCUT2D eigenvalue weighted by molar-refractivity contribution is 14.1. The van der Waals surface area contributed by atoms with Crippen LogP contribution in [0.2, 0.25) is 0 Å². The van der Waals surface area contributed by atoms with Crippen molar-refractivity contribution in [1.82, 2.24) is 0 Å². The zero-order valence-electron chi connectivity index (χ0n) is 10.1. The minimum absolute atomic E-state index is 0.102. The van der Waals surface area contributed by atoms with Gasteiger partial charge < -0.3 is 9.47 Å². The third-order valence-corrected chi connectivity index (χ3v) is 3.96. The van der Waals surface area contributed by atoms with Crippen LogP contribution in [0.5, 0.6) is 0 Å². The Kier molecular flexibility index (Phi) is 5.72. The first-order valence-electron chi connectivity index (χ1n) is 5.40. The maximum atomic E-state index is 6.08. The summed E-state index contributed by atoms with van der Waals surface area (Å²) >= 11 is 2.37. The predicted molar refractivity (Wildman–Crippen MR) is 75.1 cm³/mol. The van der Waals surface area contributed by atoms with Crippen LogP contribution in [0.1, 0.15) is 19.4 Å². The van der Waals surface area contributed by atoms with Crippen molar-refractivity contribution in [2.24, 2.45) is 0 Å². The van der Waals surface area contributed by atoms with Gasteiger partial charge >= 0.3 is 0 Å². The Bertz CT molecular complexity index is 302. The molecule has 2 unspecified atom stereocenters. The molecule has 2 atom stereocenters. The van der Waals surface area contributed by atoms with Crippen molar-refractivity contribution in [2.75, 3.05) is 18.1 Å². The molecule has 16 heavy (non-hydrogen) atoms. The molecule has 0 bridgehead atoms. The van der Waals surface area contributed by atoms with Gasteiger partial charge in [0.05, 0.1) is 18.3 Å². The second-order valence-electron chi connectivity index (χ2n) is 4.11. The molecule has 0 aliphatic rings. The fraction of sp³-hybridized carbons (Fsp3) is 0.538. The van der Waals surface area contributed by atoms with E-state index in [1.807, 2.05) is 25.1 Å². The first-order chi connectivity index (χ1) is 7.62. The Morgan fingerprint density at radius 1 is 1.31 bits per heavy atom. The van der Waals surface area contributed by atoms with E-state index in [1.165, 1.54) is 5.56 Å². The Balaban J connectivity index is 2.78. The number of methoxy groups -OCH3 is 1. The lowest BCUT2D eigenvalue weighted by Gasteiger charge is -2.31. The van der Waals surface area contributed by atoms with E-state index in [4.69, 9.17) is 9.47 Å². The van der Waals surface area contributed by atoms with E-state index >= 15 is 0 Å². The molecule has 1 aromatic rings. The summed E-state index contributed by atoms with van der Waals surface area (Å²) in [5.41, 5.74) is 0.979. The van der Waals surface area contributed by atoms with Crippen LogP contribution in [0.3, 0.4) is 0 Å². The van der Waals surface area contributed by atoms with Crippen molar-refractivity contribution in [1.29, 1.82) is 0 Å². The molecule has 90 valence electrons. The van der Waals surface area contributed by atoms with Gasteiger partial charge in [-0.2, -0.15) is 0 Å². The topological polar surface area (TPSA) is 18.5 Å². The highest BCUT2D eigenvalue weighted by Gasteiger charge is 2.28. The maximum Gasteiger partial charge on any atom is 0.0997 e. The molecule has 0 aliphatic carbocycles. The van der Waals surface area contributed by atoms with Crippen LogP contribution in [0, 0.1) is 0 Å². The van der Waals surface area contributed by atoms with Gasteiger partial charge in [-0.1, -0.05) is 52.9 Å². The van der Waals surface area contributed by atoms with Crippen LogP contribution in [-0.2, 0) is 15.1 Å². The lowest BCUT2D eigenvalue weighted by Crippen LogP contribution is -2.33.